The molecule has 0 saturated heterocycles. The van der Waals surface area contributed by atoms with Crippen molar-refractivity contribution in [3.05, 3.63) is 87.0 Å². The Bertz CT molecular complexity index is 1710. The van der Waals surface area contributed by atoms with Gasteiger partial charge in [0.2, 0.25) is 5.91 Å². The van der Waals surface area contributed by atoms with Crippen LogP contribution >= 0.6 is 0 Å². The molecule has 2 aromatic heterocycles. The highest BCUT2D eigenvalue weighted by Gasteiger charge is 2.42. The normalized spacial score (nSPS) is 17.1. The van der Waals surface area contributed by atoms with Crippen molar-refractivity contribution in [3.8, 4) is 0 Å². The number of nitrogens with zero attached hydrogens (tertiary/aromatic N) is 2. The second-order valence-electron chi connectivity index (χ2n) is 10.7. The second kappa shape index (κ2) is 8.47. The number of amides is 2. The molecule has 0 saturated carbocycles. The molecule has 2 aromatic carbocycles. The van der Waals surface area contributed by atoms with E-state index < -0.39 is 5.92 Å². The van der Waals surface area contributed by atoms with Gasteiger partial charge in [-0.15, -0.1) is 0 Å². The SMILES string of the molecule is CC(=O)N1CC2=C(C1=O)C(c1cc3ccc(C)cc3[nH]c1=O)c1cn(CCC(C)C)c3cccc(c13)N2. The van der Waals surface area contributed by atoms with Crippen LogP contribution in [-0.2, 0) is 16.1 Å². The van der Waals surface area contributed by atoms with Gasteiger partial charge in [-0.3, -0.25) is 19.3 Å². The van der Waals surface area contributed by atoms with Crippen molar-refractivity contribution in [3.63, 3.8) is 0 Å². The van der Waals surface area contributed by atoms with Gasteiger partial charge in [0.15, 0.2) is 0 Å². The van der Waals surface area contributed by atoms with Crippen LogP contribution < -0.4 is 10.9 Å². The molecule has 0 radical (unpaired) electrons. The van der Waals surface area contributed by atoms with Crippen molar-refractivity contribution in [2.45, 2.75) is 46.6 Å². The largest absolute Gasteiger partial charge is 0.356 e. The highest BCUT2D eigenvalue weighted by atomic mass is 16.2. The number of nitrogens with one attached hydrogen (secondary N) is 2. The molecule has 7 heteroatoms. The van der Waals surface area contributed by atoms with Gasteiger partial charge in [0.25, 0.3) is 11.5 Å². The first-order chi connectivity index (χ1) is 17.7. The van der Waals surface area contributed by atoms with E-state index in [0.717, 1.165) is 51.6 Å². The number of fused-ring (bicyclic) bond motifs is 1. The van der Waals surface area contributed by atoms with Gasteiger partial charge in [0.1, 0.15) is 0 Å². The lowest BCUT2D eigenvalue weighted by atomic mass is 9.84. The van der Waals surface area contributed by atoms with Gasteiger partial charge in [-0.05, 0) is 60.0 Å². The maximum atomic E-state index is 13.7. The van der Waals surface area contributed by atoms with E-state index >= 15 is 0 Å². The maximum absolute atomic E-state index is 13.7. The fraction of sp³-hybridized carbons (Fsp3) is 0.300. The predicted octanol–water partition coefficient (Wildman–Crippen LogP) is 5.04. The van der Waals surface area contributed by atoms with Crippen molar-refractivity contribution < 1.29 is 9.59 Å². The minimum absolute atomic E-state index is 0.165. The average molecular weight is 495 g/mol. The first-order valence-corrected chi connectivity index (χ1v) is 12.8. The van der Waals surface area contributed by atoms with Gasteiger partial charge >= 0.3 is 0 Å². The number of aromatic amines is 1. The van der Waals surface area contributed by atoms with Gasteiger partial charge in [0.05, 0.1) is 17.6 Å². The molecule has 37 heavy (non-hydrogen) atoms. The first-order valence-electron chi connectivity index (χ1n) is 12.8. The third kappa shape index (κ3) is 3.68. The molecule has 7 nitrogen and oxygen atoms in total. The fourth-order valence-corrected chi connectivity index (χ4v) is 5.73. The highest BCUT2D eigenvalue weighted by molar-refractivity contribution is 6.11. The molecule has 1 unspecified atom stereocenters. The van der Waals surface area contributed by atoms with Gasteiger partial charge in [-0.1, -0.05) is 32.0 Å². The Kier molecular flexibility index (Phi) is 5.33. The smallest absolute Gasteiger partial charge is 0.259 e. The molecule has 1 atom stereocenters. The summed E-state index contributed by atoms with van der Waals surface area (Å²) in [5, 5.41) is 5.39. The van der Waals surface area contributed by atoms with Crippen LogP contribution in [0, 0.1) is 12.8 Å². The van der Waals surface area contributed by atoms with Crippen molar-refractivity contribution in [1.29, 1.82) is 0 Å². The number of H-pyrrole nitrogens is 1. The maximum Gasteiger partial charge on any atom is 0.259 e. The lowest BCUT2D eigenvalue weighted by Gasteiger charge is -2.19. The Morgan fingerprint density at radius 2 is 1.92 bits per heavy atom. The molecule has 2 aliphatic rings. The zero-order chi connectivity index (χ0) is 26.0. The number of hydrogen-bond donors (Lipinski definition) is 2. The van der Waals surface area contributed by atoms with Crippen molar-refractivity contribution in [2.75, 3.05) is 11.9 Å². The van der Waals surface area contributed by atoms with Crippen LogP contribution in [0.2, 0.25) is 0 Å². The number of rotatable bonds is 4. The number of carbonyl (C=O) groups is 2. The zero-order valence-corrected chi connectivity index (χ0v) is 21.5. The summed E-state index contributed by atoms with van der Waals surface area (Å²) in [6.45, 7) is 8.79. The molecule has 0 spiro atoms. The monoisotopic (exact) mass is 494 g/mol. The molecular weight excluding hydrogens is 464 g/mol. The fourth-order valence-electron chi connectivity index (χ4n) is 5.73. The van der Waals surface area contributed by atoms with Crippen molar-refractivity contribution in [2.24, 2.45) is 5.92 Å². The van der Waals surface area contributed by atoms with E-state index in [9.17, 15) is 14.4 Å². The number of benzene rings is 2. The van der Waals surface area contributed by atoms with Crippen molar-refractivity contribution >= 4 is 39.3 Å². The number of aromatic nitrogens is 2. The molecule has 4 aromatic rings. The Hall–Kier alpha value is -4.13. The van der Waals surface area contributed by atoms with E-state index in [0.29, 0.717) is 22.8 Å². The lowest BCUT2D eigenvalue weighted by molar-refractivity contribution is -0.139. The molecule has 0 bridgehead atoms. The molecule has 0 aliphatic carbocycles. The van der Waals surface area contributed by atoms with Gasteiger partial charge in [0, 0.05) is 53.4 Å². The number of hydrogen-bond acceptors (Lipinski definition) is 4. The quantitative estimate of drug-likeness (QED) is 0.416. The average Bonchev–Trinajstić information content (AvgIpc) is 3.33. The molecule has 2 aliphatic heterocycles. The van der Waals surface area contributed by atoms with Gasteiger partial charge in [-0.2, -0.15) is 0 Å². The molecule has 188 valence electrons. The highest BCUT2D eigenvalue weighted by Crippen LogP contribution is 2.46. The van der Waals surface area contributed by atoms with E-state index in [1.54, 1.807) is 0 Å². The van der Waals surface area contributed by atoms with Crippen LogP contribution in [0.5, 0.6) is 0 Å². The van der Waals surface area contributed by atoms with Crippen LogP contribution in [0.25, 0.3) is 21.8 Å². The number of imide groups is 1. The van der Waals surface area contributed by atoms with Crippen LogP contribution in [0.1, 0.15) is 49.8 Å². The van der Waals surface area contributed by atoms with Crippen LogP contribution in [0.4, 0.5) is 5.69 Å². The summed E-state index contributed by atoms with van der Waals surface area (Å²) in [5.74, 6) is -0.735. The van der Waals surface area contributed by atoms with E-state index in [1.807, 2.05) is 43.3 Å². The van der Waals surface area contributed by atoms with E-state index in [1.165, 1.54) is 11.8 Å². The molecule has 2 N–H and O–H groups in total. The van der Waals surface area contributed by atoms with Crippen LogP contribution in [0.3, 0.4) is 0 Å². The molecule has 0 fully saturated rings. The summed E-state index contributed by atoms with van der Waals surface area (Å²) in [6.07, 6.45) is 3.10. The number of carbonyl (C=O) groups excluding carboxylic acids is 2. The van der Waals surface area contributed by atoms with Gasteiger partial charge in [-0.25, -0.2) is 0 Å². The van der Waals surface area contributed by atoms with Crippen LogP contribution in [0.15, 0.2) is 64.7 Å². The summed E-state index contributed by atoms with van der Waals surface area (Å²) in [5.41, 5.74) is 6.08. The van der Waals surface area contributed by atoms with Gasteiger partial charge < -0.3 is 14.9 Å². The Labute approximate surface area is 214 Å². The van der Waals surface area contributed by atoms with E-state index in [-0.39, 0.29) is 23.9 Å². The zero-order valence-electron chi connectivity index (χ0n) is 21.5. The van der Waals surface area contributed by atoms with Crippen molar-refractivity contribution in [1.82, 2.24) is 14.5 Å². The molecule has 4 heterocycles. The number of aryl methyl sites for hydroxylation is 2. The Morgan fingerprint density at radius 3 is 2.68 bits per heavy atom. The van der Waals surface area contributed by atoms with Crippen LogP contribution in [-0.4, -0.2) is 32.8 Å². The summed E-state index contributed by atoms with van der Waals surface area (Å²) >= 11 is 0. The standard InChI is InChI=1S/C30H30N4O3/c1-16(2)10-11-33-14-21-26(20-13-19-9-8-17(3)12-23(19)32-29(20)36)28-24(15-34(18(4)35)30(28)37)31-22-6-5-7-25(33)27(21)22/h5-9,12-14,16,26,31H,10-11,15H2,1-4H3,(H,32,36). The second-order valence-corrected chi connectivity index (χ2v) is 10.7. The topological polar surface area (TPSA) is 87.2 Å². The molecular formula is C30H30N4O3. The predicted molar refractivity (Wildman–Crippen MR) is 146 cm³/mol. The van der Waals surface area contributed by atoms with E-state index in [2.05, 4.69) is 41.0 Å². The Balaban J connectivity index is 1.64. The molecule has 6 rings (SSSR count). The minimum atomic E-state index is -0.611. The number of anilines is 1. The number of pyridine rings is 1. The third-order valence-electron chi connectivity index (χ3n) is 7.61. The lowest BCUT2D eigenvalue weighted by Crippen LogP contribution is -2.33. The summed E-state index contributed by atoms with van der Waals surface area (Å²) in [4.78, 5) is 44.0. The summed E-state index contributed by atoms with van der Waals surface area (Å²) < 4.78 is 2.23. The minimum Gasteiger partial charge on any atom is -0.356 e. The first kappa shape index (κ1) is 23.3. The van der Waals surface area contributed by atoms with E-state index in [4.69, 9.17) is 0 Å². The third-order valence-corrected chi connectivity index (χ3v) is 7.61. The summed E-state index contributed by atoms with van der Waals surface area (Å²) in [7, 11) is 0. The summed E-state index contributed by atoms with van der Waals surface area (Å²) in [6, 6.07) is 14.0. The molecule has 2 amide bonds. The Morgan fingerprint density at radius 1 is 1.11 bits per heavy atom.